The Morgan fingerprint density at radius 2 is 2.25 bits per heavy atom. The summed E-state index contributed by atoms with van der Waals surface area (Å²) in [6, 6.07) is 0. The number of hydrogen-bond donors (Lipinski definition) is 0. The molecule has 20 heavy (non-hydrogen) atoms. The monoisotopic (exact) mass is 356 g/mol. The molecule has 0 amide bonds. The quantitative estimate of drug-likeness (QED) is 0.794. The highest BCUT2D eigenvalue weighted by atomic mass is 79.9. The molecule has 6 heteroatoms. The summed E-state index contributed by atoms with van der Waals surface area (Å²) >= 11 is 5.11. The van der Waals surface area contributed by atoms with Crippen LogP contribution in [0.5, 0.6) is 0 Å². The molecule has 0 aliphatic carbocycles. The minimum absolute atomic E-state index is 0.0833. The Kier molecular flexibility index (Phi) is 3.97. The van der Waals surface area contributed by atoms with Crippen LogP contribution >= 0.6 is 27.3 Å². The average Bonchev–Trinajstić information content (AvgIpc) is 2.85. The molecule has 4 nitrogen and oxygen atoms in total. The van der Waals surface area contributed by atoms with Gasteiger partial charge in [-0.25, -0.2) is 4.98 Å². The van der Waals surface area contributed by atoms with Gasteiger partial charge in [0.25, 0.3) is 5.56 Å². The molecular formula is C14H17BrN2O2S. The van der Waals surface area contributed by atoms with Crippen molar-refractivity contribution in [2.75, 3.05) is 18.5 Å². The predicted molar refractivity (Wildman–Crippen MR) is 84.9 cm³/mol. The highest BCUT2D eigenvalue weighted by Crippen LogP contribution is 2.34. The largest absolute Gasteiger partial charge is 0.381 e. The Morgan fingerprint density at radius 1 is 1.50 bits per heavy atom. The third-order valence-electron chi connectivity index (χ3n) is 4.07. The molecule has 1 aliphatic rings. The van der Waals surface area contributed by atoms with Gasteiger partial charge in [0, 0.05) is 30.5 Å². The van der Waals surface area contributed by atoms with E-state index in [0.717, 1.165) is 47.2 Å². The van der Waals surface area contributed by atoms with Crippen molar-refractivity contribution in [3.05, 3.63) is 27.6 Å². The van der Waals surface area contributed by atoms with E-state index in [1.54, 1.807) is 10.9 Å². The van der Waals surface area contributed by atoms with Crippen LogP contribution in [0.4, 0.5) is 0 Å². The number of thiophene rings is 1. The highest BCUT2D eigenvalue weighted by molar-refractivity contribution is 9.09. The molecular weight excluding hydrogens is 340 g/mol. The summed E-state index contributed by atoms with van der Waals surface area (Å²) in [4.78, 5) is 17.0. The standard InChI is InChI=1S/C14H17BrN2O2S/c1-10-6-20-12-11(10)16-9-17(13(12)18)8-14(7-15)2-4-19-5-3-14/h6,9H,2-5,7-8H2,1H3. The summed E-state index contributed by atoms with van der Waals surface area (Å²) in [5.74, 6) is 0. The average molecular weight is 357 g/mol. The molecule has 0 spiro atoms. The van der Waals surface area contributed by atoms with Gasteiger partial charge in [0.15, 0.2) is 0 Å². The van der Waals surface area contributed by atoms with Gasteiger partial charge in [-0.15, -0.1) is 11.3 Å². The zero-order valence-corrected chi connectivity index (χ0v) is 13.8. The van der Waals surface area contributed by atoms with E-state index >= 15 is 0 Å². The van der Waals surface area contributed by atoms with E-state index in [1.165, 1.54) is 11.3 Å². The van der Waals surface area contributed by atoms with Crippen LogP contribution in [0.2, 0.25) is 0 Å². The zero-order chi connectivity index (χ0) is 14.2. The summed E-state index contributed by atoms with van der Waals surface area (Å²) < 4.78 is 7.98. The highest BCUT2D eigenvalue weighted by Gasteiger charge is 2.32. The van der Waals surface area contributed by atoms with E-state index in [9.17, 15) is 4.79 Å². The second kappa shape index (κ2) is 5.58. The number of rotatable bonds is 3. The number of aromatic nitrogens is 2. The topological polar surface area (TPSA) is 44.1 Å². The lowest BCUT2D eigenvalue weighted by atomic mass is 9.82. The molecule has 3 heterocycles. The van der Waals surface area contributed by atoms with Gasteiger partial charge in [0.1, 0.15) is 4.70 Å². The zero-order valence-electron chi connectivity index (χ0n) is 11.4. The van der Waals surface area contributed by atoms with Crippen molar-refractivity contribution in [2.24, 2.45) is 5.41 Å². The summed E-state index contributed by atoms with van der Waals surface area (Å²) in [6.07, 6.45) is 3.66. The molecule has 108 valence electrons. The second-order valence-corrected chi connectivity index (χ2v) is 6.96. The molecule has 1 aliphatic heterocycles. The SMILES string of the molecule is Cc1csc2c(=O)n(CC3(CBr)CCOCC3)cnc12. The molecule has 1 fully saturated rings. The molecule has 0 N–H and O–H groups in total. The van der Waals surface area contributed by atoms with Crippen LogP contribution in [-0.2, 0) is 11.3 Å². The van der Waals surface area contributed by atoms with Crippen LogP contribution in [0.15, 0.2) is 16.5 Å². The van der Waals surface area contributed by atoms with E-state index in [2.05, 4.69) is 20.9 Å². The Balaban J connectivity index is 1.98. The number of aryl methyl sites for hydroxylation is 1. The molecule has 0 aromatic carbocycles. The smallest absolute Gasteiger partial charge is 0.271 e. The van der Waals surface area contributed by atoms with Crippen molar-refractivity contribution in [1.82, 2.24) is 9.55 Å². The van der Waals surface area contributed by atoms with E-state index in [0.29, 0.717) is 6.54 Å². The van der Waals surface area contributed by atoms with Crippen molar-refractivity contribution in [3.8, 4) is 0 Å². The lowest BCUT2D eigenvalue weighted by molar-refractivity contribution is 0.0181. The van der Waals surface area contributed by atoms with Gasteiger partial charge >= 0.3 is 0 Å². The maximum absolute atomic E-state index is 12.6. The molecule has 1 saturated heterocycles. The van der Waals surface area contributed by atoms with Gasteiger partial charge < -0.3 is 4.74 Å². The fourth-order valence-corrected chi connectivity index (χ4v) is 4.36. The van der Waals surface area contributed by atoms with E-state index in [4.69, 9.17) is 4.74 Å². The minimum atomic E-state index is 0.0833. The maximum Gasteiger partial charge on any atom is 0.271 e. The Labute approximate surface area is 129 Å². The van der Waals surface area contributed by atoms with Gasteiger partial charge in [0.2, 0.25) is 0 Å². The van der Waals surface area contributed by atoms with Crippen LogP contribution in [0.25, 0.3) is 10.2 Å². The van der Waals surface area contributed by atoms with Crippen LogP contribution in [0.3, 0.4) is 0 Å². The van der Waals surface area contributed by atoms with Gasteiger partial charge in [-0.1, -0.05) is 15.9 Å². The van der Waals surface area contributed by atoms with Gasteiger partial charge in [-0.3, -0.25) is 9.36 Å². The van der Waals surface area contributed by atoms with Crippen LogP contribution < -0.4 is 5.56 Å². The molecule has 2 aromatic heterocycles. The van der Waals surface area contributed by atoms with Crippen molar-refractivity contribution in [1.29, 1.82) is 0 Å². The molecule has 0 unspecified atom stereocenters. The third kappa shape index (κ3) is 2.44. The Bertz CT molecular complexity index is 673. The first kappa shape index (κ1) is 14.2. The van der Waals surface area contributed by atoms with Crippen molar-refractivity contribution < 1.29 is 4.74 Å². The summed E-state index contributed by atoms with van der Waals surface area (Å²) in [7, 11) is 0. The Morgan fingerprint density at radius 3 is 2.95 bits per heavy atom. The lowest BCUT2D eigenvalue weighted by Gasteiger charge is -2.35. The normalized spacial score (nSPS) is 18.5. The number of fused-ring (bicyclic) bond motifs is 1. The van der Waals surface area contributed by atoms with Gasteiger partial charge in [0.05, 0.1) is 11.8 Å². The van der Waals surface area contributed by atoms with Crippen LogP contribution in [0, 0.1) is 12.3 Å². The first-order valence-electron chi connectivity index (χ1n) is 6.72. The molecule has 3 rings (SSSR count). The second-order valence-electron chi connectivity index (χ2n) is 5.52. The summed E-state index contributed by atoms with van der Waals surface area (Å²) in [5.41, 5.74) is 2.11. The number of alkyl halides is 1. The van der Waals surface area contributed by atoms with E-state index in [-0.39, 0.29) is 11.0 Å². The Hall–Kier alpha value is -0.720. The lowest BCUT2D eigenvalue weighted by Crippen LogP contribution is -2.38. The van der Waals surface area contributed by atoms with Crippen LogP contribution in [-0.4, -0.2) is 28.1 Å². The molecule has 0 atom stereocenters. The van der Waals surface area contributed by atoms with E-state index in [1.807, 2.05) is 12.3 Å². The summed E-state index contributed by atoms with van der Waals surface area (Å²) in [6.45, 7) is 4.25. The van der Waals surface area contributed by atoms with Crippen molar-refractivity contribution in [2.45, 2.75) is 26.3 Å². The molecule has 2 aromatic rings. The molecule has 0 bridgehead atoms. The van der Waals surface area contributed by atoms with Gasteiger partial charge in [-0.2, -0.15) is 0 Å². The van der Waals surface area contributed by atoms with Crippen LogP contribution in [0.1, 0.15) is 18.4 Å². The maximum atomic E-state index is 12.6. The summed E-state index contributed by atoms with van der Waals surface area (Å²) in [5, 5.41) is 2.88. The third-order valence-corrected chi connectivity index (χ3v) is 6.33. The fraction of sp³-hybridized carbons (Fsp3) is 0.571. The van der Waals surface area contributed by atoms with Crippen molar-refractivity contribution in [3.63, 3.8) is 0 Å². The molecule has 0 saturated carbocycles. The number of halogens is 1. The van der Waals surface area contributed by atoms with Crippen molar-refractivity contribution >= 4 is 37.5 Å². The first-order chi connectivity index (χ1) is 9.65. The first-order valence-corrected chi connectivity index (χ1v) is 8.72. The minimum Gasteiger partial charge on any atom is -0.381 e. The number of nitrogens with zero attached hydrogens (tertiary/aromatic N) is 2. The number of hydrogen-bond acceptors (Lipinski definition) is 4. The predicted octanol–water partition coefficient (Wildman–Crippen LogP) is 2.96. The molecule has 0 radical (unpaired) electrons. The van der Waals surface area contributed by atoms with Gasteiger partial charge in [-0.05, 0) is 30.7 Å². The fourth-order valence-electron chi connectivity index (χ4n) is 2.67. The van der Waals surface area contributed by atoms with E-state index < -0.39 is 0 Å². The number of ether oxygens (including phenoxy) is 1.